The number of carbonyl (C=O) groups is 2. The number of rotatable bonds is 3. The Balaban J connectivity index is 3.11. The van der Waals surface area contributed by atoms with Gasteiger partial charge >= 0.3 is 5.97 Å². The average molecular weight is 284 g/mol. The summed E-state index contributed by atoms with van der Waals surface area (Å²) in [4.78, 5) is 23.3. The lowest BCUT2D eigenvalue weighted by molar-refractivity contribution is -0.123. The molecule has 1 unspecified atom stereocenters. The number of hydrogen-bond acceptors (Lipinski definition) is 2. The minimum Gasteiger partial charge on any atom is -0.478 e. The van der Waals surface area contributed by atoms with Gasteiger partial charge in [-0.05, 0) is 51.5 Å². The summed E-state index contributed by atoms with van der Waals surface area (Å²) in [6.07, 6.45) is 0. The van der Waals surface area contributed by atoms with Gasteiger partial charge in [0.05, 0.1) is 11.5 Å². The third-order valence-corrected chi connectivity index (χ3v) is 2.84. The molecular weight excluding hydrogens is 266 g/mol. The highest BCUT2D eigenvalue weighted by molar-refractivity contribution is 6.30. The van der Waals surface area contributed by atoms with Crippen molar-refractivity contribution in [1.29, 1.82) is 0 Å². The fraction of sp³-hybridized carbons (Fsp3) is 0.429. The molecule has 0 aromatic heterocycles. The molecule has 1 rings (SSSR count). The fourth-order valence-electron chi connectivity index (χ4n) is 1.71. The molecule has 1 amide bonds. The lowest BCUT2D eigenvalue weighted by atomic mass is 9.94. The van der Waals surface area contributed by atoms with Gasteiger partial charge in [0.15, 0.2) is 0 Å². The van der Waals surface area contributed by atoms with Gasteiger partial charge in [-0.15, -0.1) is 0 Å². The largest absolute Gasteiger partial charge is 0.478 e. The van der Waals surface area contributed by atoms with E-state index >= 15 is 0 Å². The molecule has 0 aliphatic heterocycles. The van der Waals surface area contributed by atoms with Crippen LogP contribution in [0.15, 0.2) is 18.2 Å². The summed E-state index contributed by atoms with van der Waals surface area (Å²) in [6.45, 7) is 7.27. The van der Waals surface area contributed by atoms with E-state index in [-0.39, 0.29) is 17.0 Å². The molecule has 1 atom stereocenters. The average Bonchev–Trinajstić information content (AvgIpc) is 2.25. The summed E-state index contributed by atoms with van der Waals surface area (Å²) in [6, 6.07) is 4.45. The van der Waals surface area contributed by atoms with Crippen LogP contribution in [-0.2, 0) is 4.79 Å². The third kappa shape index (κ3) is 4.24. The molecule has 0 aliphatic carbocycles. The van der Waals surface area contributed by atoms with Crippen molar-refractivity contribution in [2.45, 2.75) is 39.2 Å². The zero-order valence-corrected chi connectivity index (χ0v) is 12.2. The Morgan fingerprint density at radius 1 is 1.32 bits per heavy atom. The molecular formula is C14H18ClNO3. The molecule has 19 heavy (non-hydrogen) atoms. The molecule has 4 nitrogen and oxygen atoms in total. The van der Waals surface area contributed by atoms with E-state index in [2.05, 4.69) is 5.32 Å². The Morgan fingerprint density at radius 2 is 1.89 bits per heavy atom. The molecule has 1 aromatic rings. The number of amides is 1. The summed E-state index contributed by atoms with van der Waals surface area (Å²) in [5.41, 5.74) is 0.149. The van der Waals surface area contributed by atoms with Gasteiger partial charge in [0.2, 0.25) is 5.91 Å². The zero-order valence-electron chi connectivity index (χ0n) is 11.5. The first-order valence-corrected chi connectivity index (χ1v) is 6.34. The number of nitrogens with one attached hydrogen (secondary N) is 1. The highest BCUT2D eigenvalue weighted by Crippen LogP contribution is 2.24. The Kier molecular flexibility index (Phi) is 4.58. The van der Waals surface area contributed by atoms with Gasteiger partial charge in [-0.2, -0.15) is 0 Å². The summed E-state index contributed by atoms with van der Waals surface area (Å²) >= 11 is 5.88. The molecule has 0 spiro atoms. The molecule has 0 saturated heterocycles. The third-order valence-electron chi connectivity index (χ3n) is 2.60. The van der Waals surface area contributed by atoms with Crippen LogP contribution in [0.2, 0.25) is 5.02 Å². The Hall–Kier alpha value is -1.55. The number of halogens is 1. The van der Waals surface area contributed by atoms with Crippen LogP contribution in [-0.4, -0.2) is 22.5 Å². The lowest BCUT2D eigenvalue weighted by Gasteiger charge is -2.24. The number of carboxylic acid groups (broad SMARTS) is 1. The summed E-state index contributed by atoms with van der Waals surface area (Å²) in [5, 5.41) is 12.4. The highest BCUT2D eigenvalue weighted by Gasteiger charge is 2.24. The van der Waals surface area contributed by atoms with E-state index in [0.29, 0.717) is 10.6 Å². The topological polar surface area (TPSA) is 66.4 Å². The second-order valence-corrected chi connectivity index (χ2v) is 5.93. The van der Waals surface area contributed by atoms with Crippen LogP contribution in [0, 0.1) is 0 Å². The van der Waals surface area contributed by atoms with Gasteiger partial charge in [-0.25, -0.2) is 4.79 Å². The maximum atomic E-state index is 12.1. The van der Waals surface area contributed by atoms with E-state index in [9.17, 15) is 9.59 Å². The van der Waals surface area contributed by atoms with Crippen LogP contribution in [0.5, 0.6) is 0 Å². The van der Waals surface area contributed by atoms with Gasteiger partial charge in [0, 0.05) is 10.6 Å². The van der Waals surface area contributed by atoms with E-state index in [1.165, 1.54) is 18.2 Å². The zero-order chi connectivity index (χ0) is 14.8. The van der Waals surface area contributed by atoms with E-state index in [1.807, 2.05) is 20.8 Å². The maximum Gasteiger partial charge on any atom is 0.335 e. The highest BCUT2D eigenvalue weighted by atomic mass is 35.5. The normalized spacial score (nSPS) is 12.9. The van der Waals surface area contributed by atoms with Gasteiger partial charge < -0.3 is 10.4 Å². The quantitative estimate of drug-likeness (QED) is 0.896. The smallest absolute Gasteiger partial charge is 0.335 e. The molecule has 0 heterocycles. The van der Waals surface area contributed by atoms with Gasteiger partial charge in [-0.3, -0.25) is 4.79 Å². The summed E-state index contributed by atoms with van der Waals surface area (Å²) in [7, 11) is 0. The first-order chi connectivity index (χ1) is 8.61. The SMILES string of the molecule is CC(C(=O)NC(C)(C)C)c1cc(Cl)ccc1C(=O)O. The molecule has 2 N–H and O–H groups in total. The number of carbonyl (C=O) groups excluding carboxylic acids is 1. The number of carboxylic acids is 1. The predicted molar refractivity (Wildman–Crippen MR) is 74.7 cm³/mol. The first-order valence-electron chi connectivity index (χ1n) is 5.96. The minimum absolute atomic E-state index is 0.0981. The van der Waals surface area contributed by atoms with Crippen LogP contribution in [0.25, 0.3) is 0 Å². The molecule has 0 bridgehead atoms. The molecule has 1 aromatic carbocycles. The number of aromatic carboxylic acids is 1. The van der Waals surface area contributed by atoms with Crippen LogP contribution in [0.4, 0.5) is 0 Å². The molecule has 0 radical (unpaired) electrons. The Labute approximate surface area is 117 Å². The van der Waals surface area contributed by atoms with Crippen molar-refractivity contribution in [1.82, 2.24) is 5.32 Å². The van der Waals surface area contributed by atoms with Gasteiger partial charge in [0.25, 0.3) is 0 Å². The molecule has 0 aliphatic rings. The van der Waals surface area contributed by atoms with Crippen molar-refractivity contribution in [3.63, 3.8) is 0 Å². The van der Waals surface area contributed by atoms with E-state index in [4.69, 9.17) is 16.7 Å². The second-order valence-electron chi connectivity index (χ2n) is 5.50. The van der Waals surface area contributed by atoms with Crippen LogP contribution in [0.1, 0.15) is 49.5 Å². The summed E-state index contributed by atoms with van der Waals surface area (Å²) < 4.78 is 0. The van der Waals surface area contributed by atoms with Crippen molar-refractivity contribution in [3.05, 3.63) is 34.3 Å². The summed E-state index contributed by atoms with van der Waals surface area (Å²) in [5.74, 6) is -1.87. The standard InChI is InChI=1S/C14H18ClNO3/c1-8(12(17)16-14(2,3)4)11-7-9(15)5-6-10(11)13(18)19/h5-8H,1-4H3,(H,16,17)(H,18,19). The second kappa shape index (κ2) is 5.61. The van der Waals surface area contributed by atoms with Gasteiger partial charge in [-0.1, -0.05) is 11.6 Å². The van der Waals surface area contributed by atoms with Gasteiger partial charge in [0.1, 0.15) is 0 Å². The maximum absolute atomic E-state index is 12.1. The van der Waals surface area contributed by atoms with Crippen molar-refractivity contribution in [3.8, 4) is 0 Å². The van der Waals surface area contributed by atoms with Crippen molar-refractivity contribution in [2.75, 3.05) is 0 Å². The van der Waals surface area contributed by atoms with Crippen LogP contribution < -0.4 is 5.32 Å². The Bertz CT molecular complexity index is 506. The fourth-order valence-corrected chi connectivity index (χ4v) is 1.89. The van der Waals surface area contributed by atoms with E-state index in [0.717, 1.165) is 0 Å². The van der Waals surface area contributed by atoms with Crippen molar-refractivity contribution < 1.29 is 14.7 Å². The number of benzene rings is 1. The minimum atomic E-state index is -1.07. The molecule has 5 heteroatoms. The molecule has 0 fully saturated rings. The first kappa shape index (κ1) is 15.5. The van der Waals surface area contributed by atoms with E-state index in [1.54, 1.807) is 6.92 Å². The Morgan fingerprint density at radius 3 is 2.37 bits per heavy atom. The molecule has 0 saturated carbocycles. The lowest BCUT2D eigenvalue weighted by Crippen LogP contribution is -2.42. The van der Waals surface area contributed by atoms with E-state index < -0.39 is 11.9 Å². The van der Waals surface area contributed by atoms with Crippen LogP contribution >= 0.6 is 11.6 Å². The molecule has 104 valence electrons. The number of hydrogen-bond donors (Lipinski definition) is 2. The van der Waals surface area contributed by atoms with Crippen molar-refractivity contribution in [2.24, 2.45) is 0 Å². The van der Waals surface area contributed by atoms with Crippen LogP contribution in [0.3, 0.4) is 0 Å². The van der Waals surface area contributed by atoms with Crippen molar-refractivity contribution >= 4 is 23.5 Å². The predicted octanol–water partition coefficient (Wildman–Crippen LogP) is 3.06. The monoisotopic (exact) mass is 283 g/mol.